The van der Waals surface area contributed by atoms with E-state index >= 15 is 0 Å². The van der Waals surface area contributed by atoms with Crippen LogP contribution in [-0.4, -0.2) is 0 Å². The van der Waals surface area contributed by atoms with E-state index in [9.17, 15) is 0 Å². The minimum absolute atomic E-state index is 0.256. The van der Waals surface area contributed by atoms with Gasteiger partial charge in [0.05, 0.1) is 0 Å². The quantitative estimate of drug-likeness (QED) is 0.237. The zero-order chi connectivity index (χ0) is 24.3. The van der Waals surface area contributed by atoms with Gasteiger partial charge in [-0.15, -0.1) is 0 Å². The van der Waals surface area contributed by atoms with Crippen LogP contribution in [0.2, 0.25) is 0 Å². The third kappa shape index (κ3) is 3.03. The lowest BCUT2D eigenvalue weighted by Crippen LogP contribution is -1.93. The first kappa shape index (κ1) is 20.5. The monoisotopic (exact) mass is 468 g/mol. The lowest BCUT2D eigenvalue weighted by atomic mass is 9.93. The largest absolute Gasteiger partial charge is 0.0647 e. The molecule has 8 rings (SSSR count). The lowest BCUT2D eigenvalue weighted by molar-refractivity contribution is 1.07. The maximum Gasteiger partial charge on any atom is 0.0290 e. The molecule has 5 aromatic carbocycles. The van der Waals surface area contributed by atoms with Crippen LogP contribution in [0.25, 0.3) is 39.0 Å². The fourth-order valence-electron chi connectivity index (χ4n) is 6.48. The Kier molecular flexibility index (Phi) is 4.39. The van der Waals surface area contributed by atoms with E-state index < -0.39 is 0 Å². The Bertz CT molecular complexity index is 1730. The van der Waals surface area contributed by atoms with Gasteiger partial charge in [-0.1, -0.05) is 127 Å². The zero-order valence-electron chi connectivity index (χ0n) is 20.4. The Labute approximate surface area is 217 Å². The molecular formula is C37H24. The van der Waals surface area contributed by atoms with Crippen LogP contribution in [0.1, 0.15) is 39.3 Å². The van der Waals surface area contributed by atoms with E-state index in [-0.39, 0.29) is 5.92 Å². The van der Waals surface area contributed by atoms with Crippen molar-refractivity contribution >= 4 is 16.7 Å². The maximum absolute atomic E-state index is 2.48. The lowest BCUT2D eigenvalue weighted by Gasteiger charge is -2.10. The molecule has 0 unspecified atom stereocenters. The summed E-state index contributed by atoms with van der Waals surface area (Å²) in [6.45, 7) is 0. The molecule has 0 saturated heterocycles. The molecule has 0 fully saturated rings. The molecule has 5 aromatic rings. The van der Waals surface area contributed by atoms with E-state index in [4.69, 9.17) is 0 Å². The van der Waals surface area contributed by atoms with Gasteiger partial charge in [0.2, 0.25) is 0 Å². The summed E-state index contributed by atoms with van der Waals surface area (Å²) < 4.78 is 0. The fourth-order valence-corrected chi connectivity index (χ4v) is 6.48. The Morgan fingerprint density at radius 1 is 0.405 bits per heavy atom. The predicted molar refractivity (Wildman–Crippen MR) is 155 cm³/mol. The molecule has 0 spiro atoms. The Hall–Kier alpha value is -4.68. The summed E-state index contributed by atoms with van der Waals surface area (Å²) >= 11 is 0. The summed E-state index contributed by atoms with van der Waals surface area (Å²) in [5, 5.41) is 0. The van der Waals surface area contributed by atoms with Crippen LogP contribution in [-0.2, 0) is 0 Å². The van der Waals surface area contributed by atoms with Gasteiger partial charge in [-0.05, 0) is 84.5 Å². The van der Waals surface area contributed by atoms with Gasteiger partial charge in [-0.3, -0.25) is 0 Å². The van der Waals surface area contributed by atoms with E-state index in [1.54, 1.807) is 0 Å². The number of allylic oxidation sites excluding steroid dienone is 5. The van der Waals surface area contributed by atoms with E-state index in [1.807, 2.05) is 0 Å². The molecule has 3 aliphatic rings. The molecule has 0 aliphatic heterocycles. The molecule has 0 saturated carbocycles. The van der Waals surface area contributed by atoms with E-state index in [0.29, 0.717) is 0 Å². The summed E-state index contributed by atoms with van der Waals surface area (Å²) in [7, 11) is 0. The summed E-state index contributed by atoms with van der Waals surface area (Å²) in [5.41, 5.74) is 17.3. The third-order valence-electron chi connectivity index (χ3n) is 8.11. The molecule has 0 radical (unpaired) electrons. The molecule has 172 valence electrons. The van der Waals surface area contributed by atoms with Crippen molar-refractivity contribution in [1.82, 2.24) is 0 Å². The van der Waals surface area contributed by atoms with Crippen molar-refractivity contribution < 1.29 is 0 Å². The van der Waals surface area contributed by atoms with Gasteiger partial charge in [-0.2, -0.15) is 0 Å². The molecule has 0 amide bonds. The third-order valence-corrected chi connectivity index (χ3v) is 8.11. The first-order valence-electron chi connectivity index (χ1n) is 13.0. The normalized spacial score (nSPS) is 15.6. The summed E-state index contributed by atoms with van der Waals surface area (Å²) in [4.78, 5) is 0. The van der Waals surface area contributed by atoms with Crippen molar-refractivity contribution in [2.45, 2.75) is 5.92 Å². The minimum atomic E-state index is 0.256. The highest BCUT2D eigenvalue weighted by Crippen LogP contribution is 2.49. The van der Waals surface area contributed by atoms with Crippen molar-refractivity contribution in [3.63, 3.8) is 0 Å². The molecule has 0 aromatic heterocycles. The average Bonchev–Trinajstić information content (AvgIpc) is 3.59. The fraction of sp³-hybridized carbons (Fsp3) is 0.0270. The summed E-state index contributed by atoms with van der Waals surface area (Å²) in [6, 6.07) is 44.2. The Morgan fingerprint density at radius 2 is 0.838 bits per heavy atom. The molecule has 3 aliphatic carbocycles. The SMILES string of the molecule is C1=C(C=C2c3ccccc3-c3ccccc32)c2ccccc2/C1=C/C1c2ccccc2-c2ccccc21. The van der Waals surface area contributed by atoms with Gasteiger partial charge in [-0.25, -0.2) is 0 Å². The van der Waals surface area contributed by atoms with Gasteiger partial charge < -0.3 is 0 Å². The molecule has 0 heteroatoms. The minimum Gasteiger partial charge on any atom is -0.0647 e. The van der Waals surface area contributed by atoms with Crippen molar-refractivity contribution in [2.24, 2.45) is 0 Å². The highest BCUT2D eigenvalue weighted by molar-refractivity contribution is 6.08. The van der Waals surface area contributed by atoms with Crippen LogP contribution in [0.4, 0.5) is 0 Å². The molecular weight excluding hydrogens is 444 g/mol. The van der Waals surface area contributed by atoms with E-state index in [0.717, 1.165) is 0 Å². The van der Waals surface area contributed by atoms with Crippen molar-refractivity contribution in [2.75, 3.05) is 0 Å². The van der Waals surface area contributed by atoms with Crippen LogP contribution < -0.4 is 0 Å². The highest BCUT2D eigenvalue weighted by atomic mass is 14.3. The van der Waals surface area contributed by atoms with Crippen molar-refractivity contribution in [1.29, 1.82) is 0 Å². The standard InChI is InChI=1S/C37H24/c1-2-12-27-25(23-37-34-19-9-5-15-30(34)31-16-6-10-20-35(31)37)21-24(26(27)11-1)22-36-32-17-7-3-13-28(32)29-14-4-8-18-33(29)36/h1-23,36H/b24-22+. The first-order chi connectivity index (χ1) is 18.4. The number of fused-ring (bicyclic) bond motifs is 7. The molecule has 0 N–H and O–H groups in total. The topological polar surface area (TPSA) is 0 Å². The highest BCUT2D eigenvalue weighted by Gasteiger charge is 2.29. The van der Waals surface area contributed by atoms with Crippen molar-refractivity contribution in [3.05, 3.63) is 173 Å². The Balaban J connectivity index is 1.31. The van der Waals surface area contributed by atoms with Crippen LogP contribution in [0, 0.1) is 0 Å². The number of hydrogen-bond donors (Lipinski definition) is 0. The van der Waals surface area contributed by atoms with Gasteiger partial charge in [0, 0.05) is 5.92 Å². The van der Waals surface area contributed by atoms with Crippen LogP contribution in [0.5, 0.6) is 0 Å². The maximum atomic E-state index is 2.48. The Morgan fingerprint density at radius 3 is 1.41 bits per heavy atom. The van der Waals surface area contributed by atoms with Gasteiger partial charge in [0.25, 0.3) is 0 Å². The van der Waals surface area contributed by atoms with Gasteiger partial charge in [0.15, 0.2) is 0 Å². The van der Waals surface area contributed by atoms with Gasteiger partial charge >= 0.3 is 0 Å². The van der Waals surface area contributed by atoms with Crippen LogP contribution in [0.15, 0.2) is 140 Å². The zero-order valence-corrected chi connectivity index (χ0v) is 20.4. The molecule has 0 nitrogen and oxygen atoms in total. The molecule has 0 atom stereocenters. The second kappa shape index (κ2) is 7.91. The van der Waals surface area contributed by atoms with Crippen LogP contribution >= 0.6 is 0 Å². The number of rotatable bonds is 2. The average molecular weight is 469 g/mol. The van der Waals surface area contributed by atoms with E-state index in [1.165, 1.54) is 72.4 Å². The summed E-state index contributed by atoms with van der Waals surface area (Å²) in [5.74, 6) is 0.256. The molecule has 0 heterocycles. The van der Waals surface area contributed by atoms with Gasteiger partial charge in [0.1, 0.15) is 0 Å². The molecule has 0 bridgehead atoms. The second-order valence-electron chi connectivity index (χ2n) is 10.1. The van der Waals surface area contributed by atoms with Crippen molar-refractivity contribution in [3.8, 4) is 22.3 Å². The smallest absolute Gasteiger partial charge is 0.0290 e. The first-order valence-corrected chi connectivity index (χ1v) is 13.0. The predicted octanol–water partition coefficient (Wildman–Crippen LogP) is 9.39. The van der Waals surface area contributed by atoms with Crippen LogP contribution in [0.3, 0.4) is 0 Å². The number of benzene rings is 5. The van der Waals surface area contributed by atoms with E-state index in [2.05, 4.69) is 140 Å². The molecule has 37 heavy (non-hydrogen) atoms. The summed E-state index contributed by atoms with van der Waals surface area (Å²) in [6.07, 6.45) is 7.27. The number of hydrogen-bond acceptors (Lipinski definition) is 0. The second-order valence-corrected chi connectivity index (χ2v) is 10.1.